The van der Waals surface area contributed by atoms with Crippen LogP contribution in [0.5, 0.6) is 5.75 Å². The van der Waals surface area contributed by atoms with Gasteiger partial charge in [-0.3, -0.25) is 4.79 Å². The predicted molar refractivity (Wildman–Crippen MR) is 119 cm³/mol. The summed E-state index contributed by atoms with van der Waals surface area (Å²) < 4.78 is 5.24. The Bertz CT molecular complexity index is 1110. The minimum atomic E-state index is -0.325. The number of methoxy groups -OCH3 is 1. The van der Waals surface area contributed by atoms with Crippen molar-refractivity contribution in [2.75, 3.05) is 12.4 Å². The maximum atomic E-state index is 12.6. The molecule has 4 rings (SSSR count). The van der Waals surface area contributed by atoms with Crippen LogP contribution in [0.15, 0.2) is 66.1 Å². The second-order valence-corrected chi connectivity index (χ2v) is 7.96. The van der Waals surface area contributed by atoms with E-state index in [1.54, 1.807) is 41.7 Å². The first-order valence-corrected chi connectivity index (χ1v) is 10.4. The van der Waals surface area contributed by atoms with Gasteiger partial charge in [-0.15, -0.1) is 11.3 Å². The quantitative estimate of drug-likeness (QED) is 0.520. The van der Waals surface area contributed by atoms with Crippen molar-refractivity contribution in [2.24, 2.45) is 0 Å². The van der Waals surface area contributed by atoms with E-state index in [1.807, 2.05) is 35.7 Å². The molecule has 0 radical (unpaired) electrons. The maximum Gasteiger partial charge on any atom is 0.320 e. The summed E-state index contributed by atoms with van der Waals surface area (Å²) in [4.78, 5) is 25.8. The van der Waals surface area contributed by atoms with E-state index in [-0.39, 0.29) is 18.0 Å². The average Bonchev–Trinajstić information content (AvgIpc) is 3.29. The van der Waals surface area contributed by atoms with Gasteiger partial charge in [0.05, 0.1) is 18.7 Å². The summed E-state index contributed by atoms with van der Waals surface area (Å²) in [5.74, 6) is 0.116. The summed E-state index contributed by atoms with van der Waals surface area (Å²) in [6.45, 7) is 0. The molecular formula is C22H18ClN3O3S. The van der Waals surface area contributed by atoms with Crippen molar-refractivity contribution in [1.29, 1.82) is 0 Å². The second-order valence-electron chi connectivity index (χ2n) is 6.55. The van der Waals surface area contributed by atoms with E-state index in [2.05, 4.69) is 16.0 Å². The highest BCUT2D eigenvalue weighted by Gasteiger charge is 2.21. The first kappa shape index (κ1) is 20.0. The molecular weight excluding hydrogens is 422 g/mol. The molecule has 2 heterocycles. The monoisotopic (exact) mass is 439 g/mol. The molecule has 152 valence electrons. The number of thiophene rings is 1. The normalized spacial score (nSPS) is 15.6. The number of halogens is 1. The molecule has 6 nitrogen and oxygen atoms in total. The van der Waals surface area contributed by atoms with Crippen molar-refractivity contribution in [1.82, 2.24) is 10.6 Å². The lowest BCUT2D eigenvalue weighted by molar-refractivity contribution is 0.102. The zero-order chi connectivity index (χ0) is 21.1. The molecule has 0 saturated carbocycles. The van der Waals surface area contributed by atoms with Gasteiger partial charge in [0.25, 0.3) is 5.91 Å². The third kappa shape index (κ3) is 4.32. The molecule has 2 aromatic carbocycles. The Morgan fingerprint density at radius 2 is 1.97 bits per heavy atom. The molecule has 8 heteroatoms. The van der Waals surface area contributed by atoms with E-state index in [0.717, 1.165) is 10.4 Å². The lowest BCUT2D eigenvalue weighted by Crippen LogP contribution is -2.40. The van der Waals surface area contributed by atoms with Crippen LogP contribution in [0.3, 0.4) is 0 Å². The van der Waals surface area contributed by atoms with Crippen molar-refractivity contribution in [3.05, 3.63) is 87.1 Å². The van der Waals surface area contributed by atoms with Gasteiger partial charge in [-0.05, 0) is 53.4 Å². The molecule has 1 aliphatic heterocycles. The van der Waals surface area contributed by atoms with Crippen LogP contribution in [0, 0.1) is 0 Å². The third-order valence-electron chi connectivity index (χ3n) is 4.58. The molecule has 3 aromatic rings. The van der Waals surface area contributed by atoms with Gasteiger partial charge in [-0.2, -0.15) is 0 Å². The number of carbonyl (C=O) groups is 2. The van der Waals surface area contributed by atoms with Gasteiger partial charge in [0.15, 0.2) is 0 Å². The SMILES string of the molecule is COc1ccc(Cl)cc1C(=O)Nc1ccc(C2=CC(c3cccs3)NC(=O)N2)cc1. The first-order chi connectivity index (χ1) is 14.5. The lowest BCUT2D eigenvalue weighted by atomic mass is 10.1. The molecule has 3 N–H and O–H groups in total. The van der Waals surface area contributed by atoms with Crippen LogP contribution < -0.4 is 20.7 Å². The fraction of sp³-hybridized carbons (Fsp3) is 0.0909. The van der Waals surface area contributed by atoms with Crippen molar-refractivity contribution in [3.8, 4) is 5.75 Å². The number of rotatable bonds is 5. The summed E-state index contributed by atoms with van der Waals surface area (Å²) in [6.07, 6.45) is 1.97. The van der Waals surface area contributed by atoms with E-state index < -0.39 is 0 Å². The smallest absolute Gasteiger partial charge is 0.320 e. The zero-order valence-electron chi connectivity index (χ0n) is 15.9. The van der Waals surface area contributed by atoms with E-state index in [9.17, 15) is 9.59 Å². The van der Waals surface area contributed by atoms with E-state index in [1.165, 1.54) is 7.11 Å². The highest BCUT2D eigenvalue weighted by molar-refractivity contribution is 7.10. The molecule has 1 atom stereocenters. The van der Waals surface area contributed by atoms with Crippen molar-refractivity contribution in [3.63, 3.8) is 0 Å². The summed E-state index contributed by atoms with van der Waals surface area (Å²) in [5.41, 5.74) is 2.51. The number of carbonyl (C=O) groups excluding carboxylic acids is 2. The fourth-order valence-corrected chi connectivity index (χ4v) is 4.05. The number of benzene rings is 2. The number of ether oxygens (including phenoxy) is 1. The molecule has 1 aliphatic rings. The van der Waals surface area contributed by atoms with Crippen molar-refractivity contribution < 1.29 is 14.3 Å². The van der Waals surface area contributed by atoms with E-state index in [0.29, 0.717) is 27.7 Å². The Morgan fingerprint density at radius 3 is 2.67 bits per heavy atom. The number of anilines is 1. The topological polar surface area (TPSA) is 79.5 Å². The van der Waals surface area contributed by atoms with Crippen LogP contribution in [0.2, 0.25) is 5.02 Å². The van der Waals surface area contributed by atoms with Gasteiger partial charge in [0.2, 0.25) is 0 Å². The van der Waals surface area contributed by atoms with Crippen LogP contribution in [-0.4, -0.2) is 19.0 Å². The Labute approximate surface area is 182 Å². The number of nitrogens with one attached hydrogen (secondary N) is 3. The highest BCUT2D eigenvalue weighted by atomic mass is 35.5. The molecule has 1 unspecified atom stereocenters. The number of hydrogen-bond donors (Lipinski definition) is 3. The minimum absolute atomic E-state index is 0.177. The van der Waals surface area contributed by atoms with Gasteiger partial charge in [0.1, 0.15) is 5.75 Å². The molecule has 0 aliphatic carbocycles. The summed E-state index contributed by atoms with van der Waals surface area (Å²) >= 11 is 7.59. The Balaban J connectivity index is 1.52. The van der Waals surface area contributed by atoms with Crippen LogP contribution in [0.4, 0.5) is 10.5 Å². The van der Waals surface area contributed by atoms with Gasteiger partial charge in [-0.25, -0.2) is 4.79 Å². The Morgan fingerprint density at radius 1 is 1.17 bits per heavy atom. The molecule has 0 saturated heterocycles. The van der Waals surface area contributed by atoms with Gasteiger partial charge >= 0.3 is 6.03 Å². The van der Waals surface area contributed by atoms with Crippen molar-refractivity contribution >= 4 is 46.3 Å². The van der Waals surface area contributed by atoms with Gasteiger partial charge in [-0.1, -0.05) is 29.8 Å². The van der Waals surface area contributed by atoms with Gasteiger partial charge in [0, 0.05) is 21.3 Å². The van der Waals surface area contributed by atoms with Crippen LogP contribution >= 0.6 is 22.9 Å². The molecule has 3 amide bonds. The number of urea groups is 1. The minimum Gasteiger partial charge on any atom is -0.496 e. The van der Waals surface area contributed by atoms with Crippen LogP contribution in [0.25, 0.3) is 5.70 Å². The Kier molecular flexibility index (Phi) is 5.74. The van der Waals surface area contributed by atoms with E-state index in [4.69, 9.17) is 16.3 Å². The highest BCUT2D eigenvalue weighted by Crippen LogP contribution is 2.27. The van der Waals surface area contributed by atoms with Gasteiger partial charge < -0.3 is 20.7 Å². The van der Waals surface area contributed by atoms with E-state index >= 15 is 0 Å². The summed E-state index contributed by atoms with van der Waals surface area (Å²) in [6, 6.07) is 15.6. The molecule has 0 fully saturated rings. The van der Waals surface area contributed by atoms with Crippen molar-refractivity contribution in [2.45, 2.75) is 6.04 Å². The third-order valence-corrected chi connectivity index (χ3v) is 5.77. The second kappa shape index (κ2) is 8.61. The molecule has 0 spiro atoms. The average molecular weight is 440 g/mol. The fourth-order valence-electron chi connectivity index (χ4n) is 3.13. The number of hydrogen-bond acceptors (Lipinski definition) is 4. The Hall–Kier alpha value is -3.29. The number of amides is 3. The molecule has 30 heavy (non-hydrogen) atoms. The molecule has 1 aromatic heterocycles. The first-order valence-electron chi connectivity index (χ1n) is 9.11. The van der Waals surface area contributed by atoms with Crippen LogP contribution in [-0.2, 0) is 0 Å². The summed E-state index contributed by atoms with van der Waals surface area (Å²) in [5, 5.41) is 11.0. The predicted octanol–water partition coefficient (Wildman–Crippen LogP) is 5.06. The standard InChI is InChI=1S/C22H18ClN3O3S/c1-29-19-9-6-14(23)11-16(19)21(27)24-15-7-4-13(5-8-15)17-12-18(26-22(28)25-17)20-3-2-10-30-20/h2-12,18H,1H3,(H,24,27)(H2,25,26,28). The summed E-state index contributed by atoms with van der Waals surface area (Å²) in [7, 11) is 1.50. The van der Waals surface area contributed by atoms with Crippen LogP contribution in [0.1, 0.15) is 26.8 Å². The largest absolute Gasteiger partial charge is 0.496 e. The zero-order valence-corrected chi connectivity index (χ0v) is 17.5. The lowest BCUT2D eigenvalue weighted by Gasteiger charge is -2.23. The molecule has 0 bridgehead atoms. The maximum absolute atomic E-state index is 12.6.